The van der Waals surface area contributed by atoms with Crippen molar-refractivity contribution in [2.45, 2.75) is 20.0 Å². The number of rotatable bonds is 2. The van der Waals surface area contributed by atoms with E-state index in [0.717, 1.165) is 11.3 Å². The average molecular weight is 253 g/mol. The maximum atomic E-state index is 5.48. The molecule has 13 heavy (non-hydrogen) atoms. The van der Waals surface area contributed by atoms with Crippen LogP contribution in [0.25, 0.3) is 0 Å². The molecule has 0 unspecified atom stereocenters. The van der Waals surface area contributed by atoms with Gasteiger partial charge in [0.25, 0.3) is 0 Å². The second-order valence-corrected chi connectivity index (χ2v) is 2.77. The first-order valence-electron chi connectivity index (χ1n) is 3.78. The number of benzene rings is 1. The largest absolute Gasteiger partial charge is 2.00 e. The molecule has 0 radical (unpaired) electrons. The van der Waals surface area contributed by atoms with Crippen molar-refractivity contribution in [3.05, 3.63) is 36.8 Å². The first kappa shape index (κ1) is 15.6. The predicted molar refractivity (Wildman–Crippen MR) is 52.4 cm³/mol. The molecule has 0 aromatic heterocycles. The fraction of sp³-hybridized carbons (Fsp3) is 0.300. The van der Waals surface area contributed by atoms with Crippen LogP contribution in [0.1, 0.15) is 19.4 Å². The zero-order valence-corrected chi connectivity index (χ0v) is 11.1. The van der Waals surface area contributed by atoms with Crippen LogP contribution in [0.5, 0.6) is 5.75 Å². The topological polar surface area (TPSA) is 9.23 Å². The monoisotopic (exact) mass is 252 g/mol. The molecule has 0 fully saturated rings. The molecule has 0 spiro atoms. The van der Waals surface area contributed by atoms with E-state index in [1.54, 1.807) is 0 Å². The summed E-state index contributed by atoms with van der Waals surface area (Å²) in [4.78, 5) is 0. The van der Waals surface area contributed by atoms with E-state index in [9.17, 15) is 0 Å². The van der Waals surface area contributed by atoms with Crippen LogP contribution in [0.2, 0.25) is 0 Å². The molecule has 1 rings (SSSR count). The van der Waals surface area contributed by atoms with Crippen molar-refractivity contribution in [1.82, 2.24) is 0 Å². The first-order chi connectivity index (χ1) is 5.20. The van der Waals surface area contributed by atoms with Crippen LogP contribution >= 0.6 is 0 Å². The minimum atomic E-state index is 0. The molecule has 1 nitrogen and oxygen atoms in total. The van der Waals surface area contributed by atoms with Gasteiger partial charge in [0, 0.05) is 5.75 Å². The molecule has 1 aromatic carbocycles. The third-order valence-electron chi connectivity index (χ3n) is 1.34. The summed E-state index contributed by atoms with van der Waals surface area (Å²) in [5.74, 6) is 0.877. The number of para-hydroxylation sites is 1. The second-order valence-electron chi connectivity index (χ2n) is 2.77. The molecule has 0 bridgehead atoms. The summed E-state index contributed by atoms with van der Waals surface area (Å²) in [7, 11) is 0. The van der Waals surface area contributed by atoms with Crippen LogP contribution < -0.4 is 21.7 Å². The summed E-state index contributed by atoms with van der Waals surface area (Å²) in [6, 6.07) is 7.78. The Morgan fingerprint density at radius 3 is 2.23 bits per heavy atom. The van der Waals surface area contributed by atoms with Gasteiger partial charge in [-0.2, -0.15) is 18.6 Å². The molecule has 0 heterocycles. The van der Waals surface area contributed by atoms with Gasteiger partial charge in [0.2, 0.25) is 0 Å². The van der Waals surface area contributed by atoms with Crippen molar-refractivity contribution >= 4 is 23.1 Å². The fourth-order valence-electron chi connectivity index (χ4n) is 0.873. The maximum Gasteiger partial charge on any atom is 2.00 e. The molecule has 0 amide bonds. The van der Waals surface area contributed by atoms with E-state index < -0.39 is 0 Å². The Bertz CT molecular complexity index is 238. The van der Waals surface area contributed by atoms with Crippen LogP contribution in [-0.4, -0.2) is 29.2 Å². The zero-order valence-electron chi connectivity index (χ0n) is 8.09. The molecule has 1 aromatic rings. The molecular weight excluding hydrogens is 240 g/mol. The van der Waals surface area contributed by atoms with E-state index in [4.69, 9.17) is 4.74 Å². The molecule has 0 aliphatic heterocycles. The smallest absolute Gasteiger partial charge is 1.00 e. The van der Waals surface area contributed by atoms with Crippen molar-refractivity contribution in [2.75, 3.05) is 0 Å². The summed E-state index contributed by atoms with van der Waals surface area (Å²) < 4.78 is 5.48. The molecule has 0 N–H and O–H groups in total. The Morgan fingerprint density at radius 1 is 1.23 bits per heavy atom. The van der Waals surface area contributed by atoms with E-state index in [0.29, 0.717) is 0 Å². The third kappa shape index (κ3) is 5.44. The molecule has 0 saturated carbocycles. The van der Waals surface area contributed by atoms with Gasteiger partial charge in [-0.15, -0.1) is 6.07 Å². The van der Waals surface area contributed by atoms with Crippen LogP contribution in [0.4, 0.5) is 0 Å². The Balaban J connectivity index is 0. The summed E-state index contributed by atoms with van der Waals surface area (Å²) in [6.07, 6.45) is 0.220. The molecule has 0 saturated heterocycles. The Kier molecular flexibility index (Phi) is 9.04. The van der Waals surface area contributed by atoms with Crippen molar-refractivity contribution in [3.63, 3.8) is 0 Å². The maximum absolute atomic E-state index is 5.48. The Hall–Kier alpha value is 0.136. The fourth-order valence-corrected chi connectivity index (χ4v) is 0.873. The third-order valence-corrected chi connectivity index (χ3v) is 1.34. The Labute approximate surface area is 107 Å². The van der Waals surface area contributed by atoms with Gasteiger partial charge in [0.1, 0.15) is 0 Å². The zero-order chi connectivity index (χ0) is 8.27. The normalized spacial score (nSPS) is 8.54. The van der Waals surface area contributed by atoms with E-state index in [1.807, 2.05) is 38.1 Å². The second kappa shape index (κ2) is 7.53. The van der Waals surface area contributed by atoms with Gasteiger partial charge in [-0.1, -0.05) is 12.1 Å². The number of hydrogen-bond acceptors (Lipinski definition) is 1. The van der Waals surface area contributed by atoms with Gasteiger partial charge in [0.15, 0.2) is 0 Å². The predicted octanol–water partition coefficient (Wildman–Crippen LogP) is -0.721. The van der Waals surface area contributed by atoms with E-state index in [1.165, 1.54) is 0 Å². The summed E-state index contributed by atoms with van der Waals surface area (Å²) >= 11 is 0. The van der Waals surface area contributed by atoms with Gasteiger partial charge in [-0.05, 0) is 13.8 Å². The molecule has 3 heteroatoms. The van der Waals surface area contributed by atoms with Crippen molar-refractivity contribution in [2.24, 2.45) is 0 Å². The van der Waals surface area contributed by atoms with Gasteiger partial charge < -0.3 is 21.7 Å². The number of hydrogen-bond donors (Lipinski definition) is 0. The van der Waals surface area contributed by atoms with E-state index >= 15 is 0 Å². The Morgan fingerprint density at radius 2 is 1.77 bits per heavy atom. The van der Waals surface area contributed by atoms with E-state index in [2.05, 4.69) is 6.92 Å². The molecular formula is C10H13BrMgO. The minimum Gasteiger partial charge on any atom is -1.00 e. The molecule has 0 aliphatic carbocycles. The van der Waals surface area contributed by atoms with Crippen molar-refractivity contribution < 1.29 is 21.7 Å². The van der Waals surface area contributed by atoms with Crippen LogP contribution in [-0.2, 0) is 0 Å². The van der Waals surface area contributed by atoms with Crippen LogP contribution in [0.3, 0.4) is 0 Å². The molecule has 0 atom stereocenters. The van der Waals surface area contributed by atoms with E-state index in [-0.39, 0.29) is 46.1 Å². The standard InChI is InChI=1S/C10H13O.BrH.Mg/c1-8(2)11-10-7-5-4-6-9(10)3;;/h4-8H,3H2,1-2H3;1H;/q-1;;+2/p-1. The van der Waals surface area contributed by atoms with Crippen molar-refractivity contribution in [1.29, 1.82) is 0 Å². The SMILES string of the molecule is [Br-].[CH2-]c1ccccc1OC(C)C.[Mg+2]. The first-order valence-corrected chi connectivity index (χ1v) is 3.78. The number of halogens is 1. The van der Waals surface area contributed by atoms with Gasteiger partial charge in [-0.25, -0.2) is 0 Å². The number of ether oxygens (including phenoxy) is 1. The minimum absolute atomic E-state index is 0. The average Bonchev–Trinajstić information content (AvgIpc) is 1.93. The van der Waals surface area contributed by atoms with Crippen LogP contribution in [0, 0.1) is 6.92 Å². The summed E-state index contributed by atoms with van der Waals surface area (Å²) in [5.41, 5.74) is 0.946. The summed E-state index contributed by atoms with van der Waals surface area (Å²) in [5, 5.41) is 0. The van der Waals surface area contributed by atoms with Gasteiger partial charge >= 0.3 is 23.1 Å². The van der Waals surface area contributed by atoms with Gasteiger partial charge in [-0.3, -0.25) is 0 Å². The van der Waals surface area contributed by atoms with Gasteiger partial charge in [0.05, 0.1) is 6.10 Å². The van der Waals surface area contributed by atoms with Crippen molar-refractivity contribution in [3.8, 4) is 5.75 Å². The summed E-state index contributed by atoms with van der Waals surface area (Å²) in [6.45, 7) is 7.86. The van der Waals surface area contributed by atoms with Crippen LogP contribution in [0.15, 0.2) is 24.3 Å². The quantitative estimate of drug-likeness (QED) is 0.499. The molecule has 0 aliphatic rings. The molecule has 68 valence electrons.